The van der Waals surface area contributed by atoms with Gasteiger partial charge in [0.1, 0.15) is 5.82 Å². The third-order valence-corrected chi connectivity index (χ3v) is 4.59. The van der Waals surface area contributed by atoms with Crippen LogP contribution in [0.2, 0.25) is 0 Å². The lowest BCUT2D eigenvalue weighted by atomic mass is 10.0. The molecule has 2 aromatic rings. The van der Waals surface area contributed by atoms with E-state index in [9.17, 15) is 0 Å². The molecule has 3 atom stereocenters. The first-order valence-corrected chi connectivity index (χ1v) is 7.67. The van der Waals surface area contributed by atoms with Gasteiger partial charge in [-0.1, -0.05) is 30.3 Å². The van der Waals surface area contributed by atoms with Gasteiger partial charge < -0.3 is 14.6 Å². The molecule has 0 saturated carbocycles. The average Bonchev–Trinajstić information content (AvgIpc) is 3.13. The standard InChI is InChI=1S/C16H20N4O/c1-11-13(7-10-21-11)15-18-19-16-14(17-8-9-20(15)16)12-5-3-2-4-6-12/h2-6,11,13-14,17H,7-10H2,1H3. The maximum absolute atomic E-state index is 5.69. The van der Waals surface area contributed by atoms with Crippen molar-refractivity contribution in [3.63, 3.8) is 0 Å². The van der Waals surface area contributed by atoms with Crippen LogP contribution in [-0.2, 0) is 11.3 Å². The molecular formula is C16H20N4O. The van der Waals surface area contributed by atoms with Crippen LogP contribution in [0, 0.1) is 0 Å². The van der Waals surface area contributed by atoms with E-state index in [0.29, 0.717) is 5.92 Å². The fraction of sp³-hybridized carbons (Fsp3) is 0.500. The van der Waals surface area contributed by atoms with Crippen molar-refractivity contribution in [1.82, 2.24) is 20.1 Å². The largest absolute Gasteiger partial charge is 0.378 e. The van der Waals surface area contributed by atoms with Gasteiger partial charge in [0.25, 0.3) is 0 Å². The van der Waals surface area contributed by atoms with Gasteiger partial charge in [0.2, 0.25) is 0 Å². The van der Waals surface area contributed by atoms with Crippen molar-refractivity contribution in [1.29, 1.82) is 0 Å². The van der Waals surface area contributed by atoms with Crippen molar-refractivity contribution in [2.45, 2.75) is 38.0 Å². The van der Waals surface area contributed by atoms with Gasteiger partial charge in [0.15, 0.2) is 5.82 Å². The molecule has 21 heavy (non-hydrogen) atoms. The molecule has 1 aromatic carbocycles. The fourth-order valence-electron chi connectivity index (χ4n) is 3.44. The van der Waals surface area contributed by atoms with Gasteiger partial charge in [0, 0.05) is 25.6 Å². The maximum Gasteiger partial charge on any atom is 0.154 e. The number of hydrogen-bond donors (Lipinski definition) is 1. The number of fused-ring (bicyclic) bond motifs is 1. The number of benzene rings is 1. The second kappa shape index (κ2) is 5.24. The van der Waals surface area contributed by atoms with E-state index in [2.05, 4.69) is 51.3 Å². The molecule has 0 aliphatic carbocycles. The van der Waals surface area contributed by atoms with E-state index in [-0.39, 0.29) is 12.1 Å². The van der Waals surface area contributed by atoms with Crippen LogP contribution in [-0.4, -0.2) is 34.0 Å². The van der Waals surface area contributed by atoms with Crippen LogP contribution in [0.5, 0.6) is 0 Å². The van der Waals surface area contributed by atoms with E-state index in [0.717, 1.165) is 37.8 Å². The molecule has 4 rings (SSSR count). The summed E-state index contributed by atoms with van der Waals surface area (Å²) in [5.74, 6) is 2.50. The third kappa shape index (κ3) is 2.17. The van der Waals surface area contributed by atoms with Crippen molar-refractivity contribution >= 4 is 0 Å². The quantitative estimate of drug-likeness (QED) is 0.914. The minimum atomic E-state index is 0.138. The van der Waals surface area contributed by atoms with Crippen molar-refractivity contribution < 1.29 is 4.74 Å². The smallest absolute Gasteiger partial charge is 0.154 e. The van der Waals surface area contributed by atoms with Crippen LogP contribution in [0.25, 0.3) is 0 Å². The zero-order valence-corrected chi connectivity index (χ0v) is 12.2. The number of nitrogens with one attached hydrogen (secondary N) is 1. The van der Waals surface area contributed by atoms with E-state index >= 15 is 0 Å². The summed E-state index contributed by atoms with van der Waals surface area (Å²) >= 11 is 0. The second-order valence-corrected chi connectivity index (χ2v) is 5.84. The molecule has 3 heterocycles. The number of ether oxygens (including phenoxy) is 1. The molecule has 0 spiro atoms. The van der Waals surface area contributed by atoms with E-state index in [1.54, 1.807) is 0 Å². The summed E-state index contributed by atoms with van der Waals surface area (Å²) < 4.78 is 7.99. The molecule has 1 saturated heterocycles. The van der Waals surface area contributed by atoms with Gasteiger partial charge in [0.05, 0.1) is 12.1 Å². The Balaban J connectivity index is 1.72. The Morgan fingerprint density at radius 2 is 2.00 bits per heavy atom. The summed E-state index contributed by atoms with van der Waals surface area (Å²) in [5, 5.41) is 12.5. The van der Waals surface area contributed by atoms with Gasteiger partial charge in [-0.3, -0.25) is 0 Å². The fourth-order valence-corrected chi connectivity index (χ4v) is 3.44. The summed E-state index contributed by atoms with van der Waals surface area (Å²) in [4.78, 5) is 0. The Morgan fingerprint density at radius 3 is 2.76 bits per heavy atom. The molecule has 3 unspecified atom stereocenters. The molecule has 5 nitrogen and oxygen atoms in total. The number of rotatable bonds is 2. The minimum absolute atomic E-state index is 0.138. The van der Waals surface area contributed by atoms with Gasteiger partial charge in [-0.25, -0.2) is 0 Å². The molecule has 1 N–H and O–H groups in total. The lowest BCUT2D eigenvalue weighted by Crippen LogP contribution is -2.35. The SMILES string of the molecule is CC1OCCC1c1nnc2n1CCNC2c1ccccc1. The Morgan fingerprint density at radius 1 is 1.19 bits per heavy atom. The van der Waals surface area contributed by atoms with Gasteiger partial charge in [-0.05, 0) is 18.9 Å². The second-order valence-electron chi connectivity index (χ2n) is 5.84. The summed E-state index contributed by atoms with van der Waals surface area (Å²) in [6.45, 7) is 4.84. The van der Waals surface area contributed by atoms with Crippen molar-refractivity contribution in [2.24, 2.45) is 0 Å². The van der Waals surface area contributed by atoms with E-state index in [4.69, 9.17) is 4.74 Å². The topological polar surface area (TPSA) is 52.0 Å². The number of aromatic nitrogens is 3. The van der Waals surface area contributed by atoms with Crippen LogP contribution < -0.4 is 5.32 Å². The van der Waals surface area contributed by atoms with Crippen LogP contribution >= 0.6 is 0 Å². The zero-order valence-electron chi connectivity index (χ0n) is 12.2. The molecule has 2 aliphatic heterocycles. The molecule has 1 fully saturated rings. The van der Waals surface area contributed by atoms with Crippen LogP contribution in [0.1, 0.15) is 42.5 Å². The summed E-state index contributed by atoms with van der Waals surface area (Å²) in [6.07, 6.45) is 1.28. The number of nitrogens with zero attached hydrogens (tertiary/aromatic N) is 3. The summed E-state index contributed by atoms with van der Waals surface area (Å²) in [7, 11) is 0. The van der Waals surface area contributed by atoms with Gasteiger partial charge in [-0.2, -0.15) is 0 Å². The Kier molecular flexibility index (Phi) is 3.24. The summed E-state index contributed by atoms with van der Waals surface area (Å²) in [5.41, 5.74) is 1.24. The van der Waals surface area contributed by atoms with Gasteiger partial charge in [-0.15, -0.1) is 10.2 Å². The van der Waals surface area contributed by atoms with E-state index in [1.165, 1.54) is 5.56 Å². The van der Waals surface area contributed by atoms with E-state index in [1.807, 2.05) is 6.07 Å². The first kappa shape index (κ1) is 13.0. The summed E-state index contributed by atoms with van der Waals surface area (Å²) in [6, 6.07) is 10.6. The van der Waals surface area contributed by atoms with Crippen molar-refractivity contribution in [3.05, 3.63) is 47.5 Å². The van der Waals surface area contributed by atoms with Crippen LogP contribution in [0.4, 0.5) is 0 Å². The molecule has 5 heteroatoms. The molecule has 0 amide bonds. The molecule has 0 bridgehead atoms. The van der Waals surface area contributed by atoms with Crippen molar-refractivity contribution in [2.75, 3.05) is 13.2 Å². The van der Waals surface area contributed by atoms with Crippen molar-refractivity contribution in [3.8, 4) is 0 Å². The first-order chi connectivity index (χ1) is 10.3. The predicted octanol–water partition coefficient (Wildman–Crippen LogP) is 1.86. The lowest BCUT2D eigenvalue weighted by molar-refractivity contribution is 0.116. The lowest BCUT2D eigenvalue weighted by Gasteiger charge is -2.26. The molecule has 1 aromatic heterocycles. The number of hydrogen-bond acceptors (Lipinski definition) is 4. The highest BCUT2D eigenvalue weighted by Gasteiger charge is 2.34. The van der Waals surface area contributed by atoms with Crippen LogP contribution in [0.15, 0.2) is 30.3 Å². The minimum Gasteiger partial charge on any atom is -0.378 e. The monoisotopic (exact) mass is 284 g/mol. The zero-order chi connectivity index (χ0) is 14.2. The Labute approximate surface area is 124 Å². The molecule has 110 valence electrons. The molecule has 2 aliphatic rings. The first-order valence-electron chi connectivity index (χ1n) is 7.67. The molecular weight excluding hydrogens is 264 g/mol. The third-order valence-electron chi connectivity index (χ3n) is 4.59. The Bertz CT molecular complexity index is 624. The van der Waals surface area contributed by atoms with E-state index < -0.39 is 0 Å². The highest BCUT2D eigenvalue weighted by molar-refractivity contribution is 5.26. The molecule has 0 radical (unpaired) electrons. The average molecular weight is 284 g/mol. The predicted molar refractivity (Wildman–Crippen MR) is 79.1 cm³/mol. The van der Waals surface area contributed by atoms with Gasteiger partial charge >= 0.3 is 0 Å². The normalized spacial score (nSPS) is 28.5. The maximum atomic E-state index is 5.69. The highest BCUT2D eigenvalue weighted by Crippen LogP contribution is 2.33. The van der Waals surface area contributed by atoms with Crippen LogP contribution in [0.3, 0.4) is 0 Å². The Hall–Kier alpha value is -1.72. The highest BCUT2D eigenvalue weighted by atomic mass is 16.5.